The first kappa shape index (κ1) is 12.4. The molecule has 0 aromatic heterocycles. The van der Waals surface area contributed by atoms with Crippen LogP contribution in [0.5, 0.6) is 5.75 Å². The molecule has 1 atom stereocenters. The Balaban J connectivity index is 1.60. The molecule has 17 heavy (non-hydrogen) atoms. The van der Waals surface area contributed by atoms with Crippen LogP contribution < -0.4 is 5.32 Å². The molecule has 1 heterocycles. The Labute approximate surface area is 103 Å². The summed E-state index contributed by atoms with van der Waals surface area (Å²) in [5, 5.41) is 12.6. The van der Waals surface area contributed by atoms with E-state index >= 15 is 0 Å². The highest BCUT2D eigenvalue weighted by Crippen LogP contribution is 2.15. The smallest absolute Gasteiger partial charge is 0.115 e. The summed E-state index contributed by atoms with van der Waals surface area (Å²) in [6.07, 6.45) is 5.29. The molecule has 0 aliphatic carbocycles. The van der Waals surface area contributed by atoms with Crippen LogP contribution in [0.25, 0.3) is 0 Å². The number of nitrogens with one attached hydrogen (secondary N) is 1. The average molecular weight is 235 g/mol. The van der Waals surface area contributed by atoms with Gasteiger partial charge in [-0.2, -0.15) is 0 Å². The number of phenols is 1. The Morgan fingerprint density at radius 2 is 2.06 bits per heavy atom. The molecule has 1 saturated heterocycles. The lowest BCUT2D eigenvalue weighted by Gasteiger charge is -2.22. The van der Waals surface area contributed by atoms with Crippen molar-refractivity contribution in [3.05, 3.63) is 29.8 Å². The van der Waals surface area contributed by atoms with Crippen LogP contribution in [0.1, 0.15) is 31.2 Å². The van der Waals surface area contributed by atoms with E-state index in [9.17, 15) is 0 Å². The minimum atomic E-state index is 0.323. The number of ether oxygens (including phenoxy) is 1. The van der Waals surface area contributed by atoms with Crippen molar-refractivity contribution < 1.29 is 9.84 Å². The molecule has 0 bridgehead atoms. The van der Waals surface area contributed by atoms with Crippen molar-refractivity contribution in [2.45, 2.75) is 38.3 Å². The summed E-state index contributed by atoms with van der Waals surface area (Å²) in [4.78, 5) is 0. The number of hydrogen-bond donors (Lipinski definition) is 2. The number of benzene rings is 1. The summed E-state index contributed by atoms with van der Waals surface area (Å²) in [7, 11) is 0. The first-order chi connectivity index (χ1) is 8.34. The fourth-order valence-corrected chi connectivity index (χ4v) is 2.14. The topological polar surface area (TPSA) is 41.5 Å². The molecule has 1 aromatic carbocycles. The van der Waals surface area contributed by atoms with Crippen LogP contribution in [0.15, 0.2) is 24.3 Å². The maximum Gasteiger partial charge on any atom is 0.115 e. The van der Waals surface area contributed by atoms with Crippen LogP contribution in [0.2, 0.25) is 0 Å². The molecule has 1 aliphatic rings. The number of phenolic OH excluding ortho intramolecular Hbond substituents is 1. The second kappa shape index (κ2) is 6.62. The third-order valence-corrected chi connectivity index (χ3v) is 3.18. The molecule has 0 saturated carbocycles. The lowest BCUT2D eigenvalue weighted by atomic mass is 10.1. The molecule has 1 fully saturated rings. The van der Waals surface area contributed by atoms with E-state index in [4.69, 9.17) is 9.84 Å². The first-order valence-electron chi connectivity index (χ1n) is 6.45. The van der Waals surface area contributed by atoms with Gasteiger partial charge in [-0.05, 0) is 49.9 Å². The van der Waals surface area contributed by atoms with Crippen molar-refractivity contribution in [3.8, 4) is 5.75 Å². The zero-order valence-electron chi connectivity index (χ0n) is 10.2. The third kappa shape index (κ3) is 4.36. The van der Waals surface area contributed by atoms with Gasteiger partial charge in [0.1, 0.15) is 5.75 Å². The van der Waals surface area contributed by atoms with E-state index in [-0.39, 0.29) is 0 Å². The number of rotatable bonds is 5. The van der Waals surface area contributed by atoms with Gasteiger partial charge in [-0.3, -0.25) is 0 Å². The maximum absolute atomic E-state index is 9.16. The summed E-state index contributed by atoms with van der Waals surface area (Å²) >= 11 is 0. The molecule has 2 N–H and O–H groups in total. The van der Waals surface area contributed by atoms with E-state index in [2.05, 4.69) is 5.32 Å². The summed E-state index contributed by atoms with van der Waals surface area (Å²) in [6.45, 7) is 2.78. The monoisotopic (exact) mass is 235 g/mol. The van der Waals surface area contributed by atoms with Gasteiger partial charge in [0.25, 0.3) is 0 Å². The third-order valence-electron chi connectivity index (χ3n) is 3.18. The van der Waals surface area contributed by atoms with E-state index < -0.39 is 0 Å². The normalized spacial score (nSPS) is 20.4. The van der Waals surface area contributed by atoms with Gasteiger partial charge in [-0.25, -0.2) is 0 Å². The highest BCUT2D eigenvalue weighted by atomic mass is 16.5. The molecule has 0 radical (unpaired) electrons. The quantitative estimate of drug-likeness (QED) is 0.770. The Hall–Kier alpha value is -1.06. The van der Waals surface area contributed by atoms with Gasteiger partial charge < -0.3 is 15.2 Å². The molecule has 1 aromatic rings. The van der Waals surface area contributed by atoms with Crippen molar-refractivity contribution in [2.75, 3.05) is 13.2 Å². The lowest BCUT2D eigenvalue weighted by Crippen LogP contribution is -2.25. The molecule has 94 valence electrons. The fourth-order valence-electron chi connectivity index (χ4n) is 2.14. The minimum Gasteiger partial charge on any atom is -0.508 e. The van der Waals surface area contributed by atoms with E-state index in [1.165, 1.54) is 24.8 Å². The molecular weight excluding hydrogens is 214 g/mol. The number of hydrogen-bond acceptors (Lipinski definition) is 3. The van der Waals surface area contributed by atoms with Gasteiger partial charge in [-0.15, -0.1) is 0 Å². The largest absolute Gasteiger partial charge is 0.508 e. The van der Waals surface area contributed by atoms with Gasteiger partial charge in [0.15, 0.2) is 0 Å². The van der Waals surface area contributed by atoms with Gasteiger partial charge >= 0.3 is 0 Å². The highest BCUT2D eigenvalue weighted by Gasteiger charge is 2.12. The van der Waals surface area contributed by atoms with Crippen LogP contribution in [-0.4, -0.2) is 24.4 Å². The summed E-state index contributed by atoms with van der Waals surface area (Å²) in [6, 6.07) is 7.33. The zero-order valence-corrected chi connectivity index (χ0v) is 10.2. The van der Waals surface area contributed by atoms with Crippen molar-refractivity contribution in [1.29, 1.82) is 0 Å². The summed E-state index contributed by atoms with van der Waals surface area (Å²) in [5.74, 6) is 0.323. The molecule has 0 amide bonds. The van der Waals surface area contributed by atoms with Crippen molar-refractivity contribution in [2.24, 2.45) is 0 Å². The molecule has 3 heteroatoms. The average Bonchev–Trinajstić information content (AvgIpc) is 2.38. The van der Waals surface area contributed by atoms with Crippen LogP contribution >= 0.6 is 0 Å². The summed E-state index contributed by atoms with van der Waals surface area (Å²) in [5.41, 5.74) is 1.20. The van der Waals surface area contributed by atoms with Crippen molar-refractivity contribution >= 4 is 0 Å². The molecule has 1 aliphatic heterocycles. The fraction of sp³-hybridized carbons (Fsp3) is 0.571. The standard InChI is InChI=1S/C14H21NO2/c16-13-6-4-12(5-7-13)11-15-9-8-14-3-1-2-10-17-14/h4-7,14-16H,1-3,8-11H2. The number of aromatic hydroxyl groups is 1. The second-order valence-electron chi connectivity index (χ2n) is 4.62. The maximum atomic E-state index is 9.16. The SMILES string of the molecule is Oc1ccc(CNCCC2CCCCO2)cc1. The molecule has 3 nitrogen and oxygen atoms in total. The van der Waals surface area contributed by atoms with Gasteiger partial charge in [0, 0.05) is 13.2 Å². The Morgan fingerprint density at radius 3 is 2.76 bits per heavy atom. The first-order valence-corrected chi connectivity index (χ1v) is 6.45. The van der Waals surface area contributed by atoms with Crippen molar-refractivity contribution in [3.63, 3.8) is 0 Å². The molecule has 1 unspecified atom stereocenters. The van der Waals surface area contributed by atoms with E-state index in [1.807, 2.05) is 12.1 Å². The molecule has 2 rings (SSSR count). The van der Waals surface area contributed by atoms with Crippen LogP contribution in [-0.2, 0) is 11.3 Å². The molecule has 0 spiro atoms. The summed E-state index contributed by atoms with van der Waals surface area (Å²) < 4.78 is 5.67. The van der Waals surface area contributed by atoms with Crippen molar-refractivity contribution in [1.82, 2.24) is 5.32 Å². The Kier molecular flexibility index (Phi) is 4.83. The lowest BCUT2D eigenvalue weighted by molar-refractivity contribution is 0.0115. The van der Waals surface area contributed by atoms with Crippen LogP contribution in [0.3, 0.4) is 0 Å². The Bertz CT molecular complexity index is 317. The predicted octanol–water partition coefficient (Wildman–Crippen LogP) is 2.44. The zero-order chi connectivity index (χ0) is 11.9. The molecular formula is C14H21NO2. The van der Waals surface area contributed by atoms with Gasteiger partial charge in [-0.1, -0.05) is 12.1 Å². The van der Waals surface area contributed by atoms with E-state index in [0.717, 1.165) is 26.1 Å². The Morgan fingerprint density at radius 1 is 1.24 bits per heavy atom. The van der Waals surface area contributed by atoms with Gasteiger partial charge in [0.2, 0.25) is 0 Å². The van der Waals surface area contributed by atoms with E-state index in [1.54, 1.807) is 12.1 Å². The predicted molar refractivity (Wildman–Crippen MR) is 68.0 cm³/mol. The van der Waals surface area contributed by atoms with Gasteiger partial charge in [0.05, 0.1) is 6.10 Å². The van der Waals surface area contributed by atoms with Crippen LogP contribution in [0.4, 0.5) is 0 Å². The highest BCUT2D eigenvalue weighted by molar-refractivity contribution is 5.25. The minimum absolute atomic E-state index is 0.323. The second-order valence-corrected chi connectivity index (χ2v) is 4.62. The van der Waals surface area contributed by atoms with Crippen LogP contribution in [0, 0.1) is 0 Å². The van der Waals surface area contributed by atoms with E-state index in [0.29, 0.717) is 11.9 Å².